The van der Waals surface area contributed by atoms with Crippen LogP contribution in [0, 0.1) is 11.7 Å². The molecular formula is C17H19FN2O2. The smallest absolute Gasteiger partial charge is 0.253 e. The van der Waals surface area contributed by atoms with Gasteiger partial charge in [-0.2, -0.15) is 0 Å². The lowest BCUT2D eigenvalue weighted by molar-refractivity contribution is 0.0841. The Kier molecular flexibility index (Phi) is 4.34. The molecule has 5 heteroatoms. The van der Waals surface area contributed by atoms with Gasteiger partial charge in [-0.15, -0.1) is 0 Å². The summed E-state index contributed by atoms with van der Waals surface area (Å²) < 4.78 is 13.6. The Hall–Kier alpha value is -2.01. The SMILES string of the molecule is O=C(NCC(O)C1CCCC1)c1cc(F)cc2cccnc12. The number of aliphatic hydroxyl groups excluding tert-OH is 1. The Labute approximate surface area is 128 Å². The maximum atomic E-state index is 13.6. The number of nitrogens with zero attached hydrogens (tertiary/aromatic N) is 1. The summed E-state index contributed by atoms with van der Waals surface area (Å²) in [5.41, 5.74) is 0.672. The van der Waals surface area contributed by atoms with Crippen LogP contribution in [0.1, 0.15) is 36.0 Å². The average molecular weight is 302 g/mol. The molecule has 1 saturated carbocycles. The van der Waals surface area contributed by atoms with Crippen LogP contribution in [0.3, 0.4) is 0 Å². The molecule has 2 N–H and O–H groups in total. The molecule has 1 aliphatic carbocycles. The first-order chi connectivity index (χ1) is 10.6. The molecule has 1 atom stereocenters. The number of hydrogen-bond acceptors (Lipinski definition) is 3. The van der Waals surface area contributed by atoms with Gasteiger partial charge in [0.25, 0.3) is 5.91 Å². The van der Waals surface area contributed by atoms with Crippen LogP contribution >= 0.6 is 0 Å². The largest absolute Gasteiger partial charge is 0.391 e. The number of halogens is 1. The van der Waals surface area contributed by atoms with E-state index in [-0.39, 0.29) is 18.0 Å². The molecule has 0 spiro atoms. The summed E-state index contributed by atoms with van der Waals surface area (Å²) in [6, 6.07) is 5.96. The third kappa shape index (κ3) is 3.09. The molecule has 4 nitrogen and oxygen atoms in total. The summed E-state index contributed by atoms with van der Waals surface area (Å²) in [4.78, 5) is 16.5. The molecule has 1 heterocycles. The number of pyridine rings is 1. The van der Waals surface area contributed by atoms with E-state index < -0.39 is 17.8 Å². The van der Waals surface area contributed by atoms with Crippen molar-refractivity contribution in [2.24, 2.45) is 5.92 Å². The molecule has 0 aliphatic heterocycles. The third-order valence-corrected chi connectivity index (χ3v) is 4.33. The molecule has 0 radical (unpaired) electrons. The monoisotopic (exact) mass is 302 g/mol. The second kappa shape index (κ2) is 6.40. The van der Waals surface area contributed by atoms with Gasteiger partial charge < -0.3 is 10.4 Å². The number of benzene rings is 1. The van der Waals surface area contributed by atoms with Crippen LogP contribution in [0.25, 0.3) is 10.9 Å². The minimum atomic E-state index is -0.542. The van der Waals surface area contributed by atoms with E-state index in [0.717, 1.165) is 25.7 Å². The quantitative estimate of drug-likeness (QED) is 0.912. The topological polar surface area (TPSA) is 62.2 Å². The van der Waals surface area contributed by atoms with Crippen LogP contribution in [0.15, 0.2) is 30.5 Å². The molecule has 1 amide bonds. The van der Waals surface area contributed by atoms with Gasteiger partial charge in [0.2, 0.25) is 0 Å². The van der Waals surface area contributed by atoms with Crippen LogP contribution in [-0.2, 0) is 0 Å². The van der Waals surface area contributed by atoms with E-state index in [2.05, 4.69) is 10.3 Å². The Balaban J connectivity index is 1.74. The number of rotatable bonds is 4. The van der Waals surface area contributed by atoms with Gasteiger partial charge in [-0.05, 0) is 37.0 Å². The van der Waals surface area contributed by atoms with E-state index in [9.17, 15) is 14.3 Å². The fraction of sp³-hybridized carbons (Fsp3) is 0.412. The van der Waals surface area contributed by atoms with Gasteiger partial charge in [0.05, 0.1) is 17.2 Å². The van der Waals surface area contributed by atoms with Crippen molar-refractivity contribution in [3.63, 3.8) is 0 Å². The number of carbonyl (C=O) groups is 1. The van der Waals surface area contributed by atoms with Crippen molar-refractivity contribution in [2.45, 2.75) is 31.8 Å². The molecule has 1 aromatic carbocycles. The number of aromatic nitrogens is 1. The third-order valence-electron chi connectivity index (χ3n) is 4.33. The second-order valence-electron chi connectivity index (χ2n) is 5.85. The maximum absolute atomic E-state index is 13.6. The Bertz CT molecular complexity index is 683. The van der Waals surface area contributed by atoms with E-state index in [1.54, 1.807) is 18.3 Å². The van der Waals surface area contributed by atoms with E-state index in [1.165, 1.54) is 12.1 Å². The minimum Gasteiger partial charge on any atom is -0.391 e. The number of aliphatic hydroxyl groups is 1. The molecule has 1 aliphatic rings. The lowest BCUT2D eigenvalue weighted by Crippen LogP contribution is -2.35. The van der Waals surface area contributed by atoms with Gasteiger partial charge in [0.15, 0.2) is 0 Å². The van der Waals surface area contributed by atoms with Crippen molar-refractivity contribution < 1.29 is 14.3 Å². The first-order valence-corrected chi connectivity index (χ1v) is 7.65. The van der Waals surface area contributed by atoms with Crippen LogP contribution in [0.2, 0.25) is 0 Å². The zero-order valence-electron chi connectivity index (χ0n) is 12.3. The van der Waals surface area contributed by atoms with Crippen molar-refractivity contribution in [3.05, 3.63) is 41.8 Å². The summed E-state index contributed by atoms with van der Waals surface area (Å²) in [6.45, 7) is 0.189. The van der Waals surface area contributed by atoms with E-state index >= 15 is 0 Å². The first kappa shape index (κ1) is 14.9. The van der Waals surface area contributed by atoms with Crippen LogP contribution in [0.4, 0.5) is 4.39 Å². The highest BCUT2D eigenvalue weighted by atomic mass is 19.1. The van der Waals surface area contributed by atoms with Gasteiger partial charge in [-0.25, -0.2) is 4.39 Å². The lowest BCUT2D eigenvalue weighted by Gasteiger charge is -2.18. The standard InChI is InChI=1S/C17H19FN2O2/c18-13-8-12-6-3-7-19-16(12)14(9-13)17(22)20-10-15(21)11-4-1-2-5-11/h3,6-9,11,15,21H,1-2,4-5,10H2,(H,20,22). The van der Waals surface area contributed by atoms with Crippen LogP contribution < -0.4 is 5.32 Å². The Morgan fingerprint density at radius 3 is 2.95 bits per heavy atom. The summed E-state index contributed by atoms with van der Waals surface area (Å²) in [5, 5.41) is 13.4. The normalized spacial score (nSPS) is 16.8. The highest BCUT2D eigenvalue weighted by Crippen LogP contribution is 2.27. The highest BCUT2D eigenvalue weighted by Gasteiger charge is 2.24. The van der Waals surface area contributed by atoms with Gasteiger partial charge in [-0.3, -0.25) is 9.78 Å². The molecule has 1 unspecified atom stereocenters. The van der Waals surface area contributed by atoms with Crippen molar-refractivity contribution >= 4 is 16.8 Å². The van der Waals surface area contributed by atoms with E-state index in [1.807, 2.05) is 0 Å². The second-order valence-corrected chi connectivity index (χ2v) is 5.85. The van der Waals surface area contributed by atoms with Gasteiger partial charge >= 0.3 is 0 Å². The molecule has 0 saturated heterocycles. The molecule has 2 aromatic rings. The fourth-order valence-electron chi connectivity index (χ4n) is 3.13. The van der Waals surface area contributed by atoms with Gasteiger partial charge in [-0.1, -0.05) is 18.9 Å². The molecular weight excluding hydrogens is 283 g/mol. The van der Waals surface area contributed by atoms with Gasteiger partial charge in [0.1, 0.15) is 5.82 Å². The zero-order valence-corrected chi connectivity index (χ0v) is 12.3. The predicted molar refractivity (Wildman–Crippen MR) is 82.0 cm³/mol. The van der Waals surface area contributed by atoms with Crippen LogP contribution in [-0.4, -0.2) is 28.6 Å². The molecule has 0 bridgehead atoms. The average Bonchev–Trinajstić information content (AvgIpc) is 3.06. The summed E-state index contributed by atoms with van der Waals surface area (Å²) in [6.07, 6.45) is 5.30. The molecule has 1 aromatic heterocycles. The summed E-state index contributed by atoms with van der Waals surface area (Å²) >= 11 is 0. The Morgan fingerprint density at radius 2 is 2.18 bits per heavy atom. The first-order valence-electron chi connectivity index (χ1n) is 7.65. The summed E-state index contributed by atoms with van der Waals surface area (Å²) in [5.74, 6) is -0.620. The number of hydrogen-bond donors (Lipinski definition) is 2. The van der Waals surface area contributed by atoms with E-state index in [4.69, 9.17) is 0 Å². The van der Waals surface area contributed by atoms with E-state index in [0.29, 0.717) is 10.9 Å². The predicted octanol–water partition coefficient (Wildman–Crippen LogP) is 2.65. The number of fused-ring (bicyclic) bond motifs is 1. The number of nitrogens with one attached hydrogen (secondary N) is 1. The van der Waals surface area contributed by atoms with Crippen molar-refractivity contribution in [1.29, 1.82) is 0 Å². The number of amides is 1. The summed E-state index contributed by atoms with van der Waals surface area (Å²) in [7, 11) is 0. The Morgan fingerprint density at radius 1 is 1.41 bits per heavy atom. The molecule has 22 heavy (non-hydrogen) atoms. The zero-order chi connectivity index (χ0) is 15.5. The fourth-order valence-corrected chi connectivity index (χ4v) is 3.13. The molecule has 3 rings (SSSR count). The van der Waals surface area contributed by atoms with Crippen molar-refractivity contribution in [2.75, 3.05) is 6.54 Å². The lowest BCUT2D eigenvalue weighted by atomic mass is 10.0. The molecule has 116 valence electrons. The minimum absolute atomic E-state index is 0.189. The van der Waals surface area contributed by atoms with Crippen molar-refractivity contribution in [1.82, 2.24) is 10.3 Å². The van der Waals surface area contributed by atoms with Crippen molar-refractivity contribution in [3.8, 4) is 0 Å². The highest BCUT2D eigenvalue weighted by molar-refractivity contribution is 6.05. The maximum Gasteiger partial charge on any atom is 0.253 e. The van der Waals surface area contributed by atoms with Gasteiger partial charge in [0, 0.05) is 18.1 Å². The van der Waals surface area contributed by atoms with Crippen LogP contribution in [0.5, 0.6) is 0 Å². The molecule has 1 fully saturated rings. The number of carbonyl (C=O) groups excluding carboxylic acids is 1.